The summed E-state index contributed by atoms with van der Waals surface area (Å²) in [7, 11) is 0. The maximum atomic E-state index is 10.8. The van der Waals surface area contributed by atoms with Crippen LogP contribution in [-0.2, 0) is 6.42 Å². The number of anilines is 1. The number of pyridine rings is 1. The van der Waals surface area contributed by atoms with Crippen LogP contribution in [0.2, 0.25) is 5.02 Å². The Morgan fingerprint density at radius 1 is 1.50 bits per heavy atom. The Kier molecular flexibility index (Phi) is 3.73. The Morgan fingerprint density at radius 3 is 3.00 bits per heavy atom. The van der Waals surface area contributed by atoms with Crippen molar-refractivity contribution in [1.82, 2.24) is 15.0 Å². The number of hydrogen-bond acceptors (Lipinski definition) is 5. The first-order chi connectivity index (χ1) is 8.66. The van der Waals surface area contributed by atoms with Gasteiger partial charge >= 0.3 is 5.69 Å². The summed E-state index contributed by atoms with van der Waals surface area (Å²) >= 11 is 5.67. The SMILES string of the molecule is O=[N+]([O-])c1cc(Cl)cnc1NCCc1cnc[nH]1. The molecule has 0 saturated heterocycles. The first-order valence-electron chi connectivity index (χ1n) is 5.18. The lowest BCUT2D eigenvalue weighted by Gasteiger charge is -2.05. The predicted octanol–water partition coefficient (Wildman–Crippen LogP) is 2.02. The van der Waals surface area contributed by atoms with E-state index in [1.54, 1.807) is 12.5 Å². The highest BCUT2D eigenvalue weighted by Gasteiger charge is 2.15. The predicted molar refractivity (Wildman–Crippen MR) is 66.7 cm³/mol. The van der Waals surface area contributed by atoms with Crippen molar-refractivity contribution in [3.63, 3.8) is 0 Å². The van der Waals surface area contributed by atoms with Gasteiger partial charge in [0.15, 0.2) is 0 Å². The van der Waals surface area contributed by atoms with Crippen molar-refractivity contribution in [3.05, 3.63) is 45.6 Å². The van der Waals surface area contributed by atoms with Gasteiger partial charge < -0.3 is 10.3 Å². The van der Waals surface area contributed by atoms with Gasteiger partial charge in [-0.25, -0.2) is 9.97 Å². The molecular formula is C10H10ClN5O2. The number of halogens is 1. The fourth-order valence-electron chi connectivity index (χ4n) is 1.44. The molecule has 8 heteroatoms. The summed E-state index contributed by atoms with van der Waals surface area (Å²) in [6, 6.07) is 1.27. The van der Waals surface area contributed by atoms with E-state index in [2.05, 4.69) is 20.3 Å². The maximum Gasteiger partial charge on any atom is 0.312 e. The second-order valence-electron chi connectivity index (χ2n) is 3.53. The van der Waals surface area contributed by atoms with E-state index in [0.717, 1.165) is 5.69 Å². The van der Waals surface area contributed by atoms with E-state index in [4.69, 9.17) is 11.6 Å². The average Bonchev–Trinajstić information content (AvgIpc) is 2.84. The molecule has 18 heavy (non-hydrogen) atoms. The van der Waals surface area contributed by atoms with E-state index in [9.17, 15) is 10.1 Å². The number of aromatic nitrogens is 3. The molecule has 2 aromatic rings. The number of imidazole rings is 1. The number of H-pyrrole nitrogens is 1. The van der Waals surface area contributed by atoms with Gasteiger partial charge in [-0.1, -0.05) is 11.6 Å². The third-order valence-corrected chi connectivity index (χ3v) is 2.48. The van der Waals surface area contributed by atoms with Gasteiger partial charge in [0, 0.05) is 37.1 Å². The molecule has 2 N–H and O–H groups in total. The van der Waals surface area contributed by atoms with Gasteiger partial charge in [-0.3, -0.25) is 10.1 Å². The summed E-state index contributed by atoms with van der Waals surface area (Å²) < 4.78 is 0. The highest BCUT2D eigenvalue weighted by Crippen LogP contribution is 2.24. The molecule has 0 radical (unpaired) electrons. The Labute approximate surface area is 107 Å². The zero-order valence-electron chi connectivity index (χ0n) is 9.26. The minimum atomic E-state index is -0.516. The van der Waals surface area contributed by atoms with Gasteiger partial charge in [0.25, 0.3) is 0 Å². The highest BCUT2D eigenvalue weighted by molar-refractivity contribution is 6.30. The number of nitro groups is 1. The van der Waals surface area contributed by atoms with Crippen LogP contribution in [0.15, 0.2) is 24.8 Å². The molecule has 0 unspecified atom stereocenters. The molecule has 0 fully saturated rings. The lowest BCUT2D eigenvalue weighted by atomic mass is 10.3. The van der Waals surface area contributed by atoms with Gasteiger partial charge in [-0.05, 0) is 0 Å². The van der Waals surface area contributed by atoms with Crippen LogP contribution in [0.4, 0.5) is 11.5 Å². The molecule has 0 saturated carbocycles. The molecule has 0 spiro atoms. The quantitative estimate of drug-likeness (QED) is 0.638. The Bertz CT molecular complexity index is 543. The third kappa shape index (κ3) is 2.95. The lowest BCUT2D eigenvalue weighted by Crippen LogP contribution is -2.08. The van der Waals surface area contributed by atoms with E-state index in [1.165, 1.54) is 12.3 Å². The average molecular weight is 268 g/mol. The Balaban J connectivity index is 2.02. The van der Waals surface area contributed by atoms with Crippen LogP contribution in [0.5, 0.6) is 0 Å². The molecule has 2 rings (SSSR count). The van der Waals surface area contributed by atoms with E-state index in [1.807, 2.05) is 0 Å². The van der Waals surface area contributed by atoms with Crippen molar-refractivity contribution in [1.29, 1.82) is 0 Å². The Hall–Kier alpha value is -2.15. The standard InChI is InChI=1S/C10H10ClN5O2/c11-7-3-9(16(17)18)10(14-4-7)13-2-1-8-5-12-6-15-8/h3-6H,1-2H2,(H,12,15)(H,13,14). The topological polar surface area (TPSA) is 96.7 Å². The molecule has 2 aromatic heterocycles. The first-order valence-corrected chi connectivity index (χ1v) is 5.55. The van der Waals surface area contributed by atoms with E-state index >= 15 is 0 Å². The molecule has 2 heterocycles. The van der Waals surface area contributed by atoms with E-state index in [0.29, 0.717) is 13.0 Å². The second kappa shape index (κ2) is 5.46. The molecule has 94 valence electrons. The summed E-state index contributed by atoms with van der Waals surface area (Å²) in [5.41, 5.74) is 0.811. The first kappa shape index (κ1) is 12.3. The summed E-state index contributed by atoms with van der Waals surface area (Å²) in [5.74, 6) is 0.212. The molecule has 0 aliphatic carbocycles. The second-order valence-corrected chi connectivity index (χ2v) is 3.97. The maximum absolute atomic E-state index is 10.8. The number of nitrogens with one attached hydrogen (secondary N) is 2. The fraction of sp³-hybridized carbons (Fsp3) is 0.200. The molecule has 0 aliphatic rings. The minimum Gasteiger partial charge on any atom is -0.364 e. The van der Waals surface area contributed by atoms with Crippen LogP contribution >= 0.6 is 11.6 Å². The monoisotopic (exact) mass is 267 g/mol. The number of nitrogens with zero attached hydrogens (tertiary/aromatic N) is 3. The van der Waals surface area contributed by atoms with Crippen LogP contribution in [-0.4, -0.2) is 26.4 Å². The van der Waals surface area contributed by atoms with Gasteiger partial charge in [0.1, 0.15) is 0 Å². The number of rotatable bonds is 5. The van der Waals surface area contributed by atoms with Gasteiger partial charge in [-0.2, -0.15) is 0 Å². The van der Waals surface area contributed by atoms with Crippen molar-refractivity contribution in [2.24, 2.45) is 0 Å². The molecule has 0 amide bonds. The normalized spacial score (nSPS) is 10.3. The third-order valence-electron chi connectivity index (χ3n) is 2.27. The Morgan fingerprint density at radius 2 is 2.33 bits per heavy atom. The zero-order valence-corrected chi connectivity index (χ0v) is 10.0. The van der Waals surface area contributed by atoms with Crippen molar-refractivity contribution in [2.45, 2.75) is 6.42 Å². The summed E-state index contributed by atoms with van der Waals surface area (Å²) in [6.45, 7) is 0.512. The van der Waals surface area contributed by atoms with Crippen molar-refractivity contribution in [3.8, 4) is 0 Å². The van der Waals surface area contributed by atoms with Crippen molar-refractivity contribution < 1.29 is 4.92 Å². The van der Waals surface area contributed by atoms with Crippen LogP contribution in [0.3, 0.4) is 0 Å². The van der Waals surface area contributed by atoms with E-state index < -0.39 is 4.92 Å². The largest absolute Gasteiger partial charge is 0.364 e. The van der Waals surface area contributed by atoms with Gasteiger partial charge in [-0.15, -0.1) is 0 Å². The molecular weight excluding hydrogens is 258 g/mol. The van der Waals surface area contributed by atoms with Crippen molar-refractivity contribution >= 4 is 23.1 Å². The molecule has 0 atom stereocenters. The van der Waals surface area contributed by atoms with Crippen LogP contribution in [0.1, 0.15) is 5.69 Å². The summed E-state index contributed by atoms with van der Waals surface area (Å²) in [6.07, 6.45) is 5.32. The van der Waals surface area contributed by atoms with Crippen molar-refractivity contribution in [2.75, 3.05) is 11.9 Å². The number of aromatic amines is 1. The fourth-order valence-corrected chi connectivity index (χ4v) is 1.59. The van der Waals surface area contributed by atoms with E-state index in [-0.39, 0.29) is 16.5 Å². The molecule has 0 aromatic carbocycles. The minimum absolute atomic E-state index is 0.132. The van der Waals surface area contributed by atoms with Gasteiger partial charge in [0.05, 0.1) is 16.3 Å². The van der Waals surface area contributed by atoms with Crippen LogP contribution < -0.4 is 5.32 Å². The number of hydrogen-bond donors (Lipinski definition) is 2. The molecule has 0 bridgehead atoms. The summed E-state index contributed by atoms with van der Waals surface area (Å²) in [4.78, 5) is 21.0. The molecule has 0 aliphatic heterocycles. The van der Waals surface area contributed by atoms with Crippen LogP contribution in [0, 0.1) is 10.1 Å². The van der Waals surface area contributed by atoms with Gasteiger partial charge in [0.2, 0.25) is 5.82 Å². The summed E-state index contributed by atoms with van der Waals surface area (Å²) in [5, 5.41) is 14.0. The van der Waals surface area contributed by atoms with Crippen LogP contribution in [0.25, 0.3) is 0 Å². The highest BCUT2D eigenvalue weighted by atomic mass is 35.5. The molecule has 7 nitrogen and oxygen atoms in total. The smallest absolute Gasteiger partial charge is 0.312 e. The lowest BCUT2D eigenvalue weighted by molar-refractivity contribution is -0.384. The zero-order chi connectivity index (χ0) is 13.0.